The van der Waals surface area contributed by atoms with E-state index in [0.717, 1.165) is 0 Å². The second kappa shape index (κ2) is 11.1. The van der Waals surface area contributed by atoms with Crippen LogP contribution in [0, 0.1) is 0 Å². The third-order valence-corrected chi connectivity index (χ3v) is 6.87. The summed E-state index contributed by atoms with van der Waals surface area (Å²) in [6.07, 6.45) is 1.60. The number of benzene rings is 2. The summed E-state index contributed by atoms with van der Waals surface area (Å²) in [7, 11) is 3.00. The number of aromatic hydroxyl groups is 1. The lowest BCUT2D eigenvalue weighted by Crippen LogP contribution is -2.40. The van der Waals surface area contributed by atoms with Gasteiger partial charge in [-0.3, -0.25) is 9.36 Å². The van der Waals surface area contributed by atoms with Crippen molar-refractivity contribution in [2.45, 2.75) is 39.8 Å². The number of allylic oxidation sites excluding steroid dienone is 1. The molecule has 2 aromatic carbocycles. The predicted octanol–water partition coefficient (Wildman–Crippen LogP) is 3.31. The quantitative estimate of drug-likeness (QED) is 0.439. The second-order valence-electron chi connectivity index (χ2n) is 8.81. The van der Waals surface area contributed by atoms with Crippen molar-refractivity contribution in [2.24, 2.45) is 4.99 Å². The number of hydrogen-bond donors (Lipinski definition) is 1. The van der Waals surface area contributed by atoms with Crippen molar-refractivity contribution >= 4 is 23.4 Å². The SMILES string of the molecule is CCOC(=O)C1=C(C)N=c2s/c(=C/c3ccc(OC)c(O)c3)c(=O)n2[C@H]1c1ccc(OC(C)C)c(OC)c1. The number of fused-ring (bicyclic) bond motifs is 1. The van der Waals surface area contributed by atoms with Crippen LogP contribution in [0.25, 0.3) is 6.08 Å². The first-order valence-electron chi connectivity index (χ1n) is 12.1. The topological polar surface area (TPSA) is 109 Å². The number of aromatic nitrogens is 1. The van der Waals surface area contributed by atoms with Crippen LogP contribution in [0.4, 0.5) is 0 Å². The first-order chi connectivity index (χ1) is 18.2. The molecular formula is C28H30N2O7S. The van der Waals surface area contributed by atoms with E-state index in [0.29, 0.717) is 43.4 Å². The van der Waals surface area contributed by atoms with Gasteiger partial charge in [-0.05, 0) is 69.2 Å². The molecule has 9 nitrogen and oxygen atoms in total. The molecule has 1 N–H and O–H groups in total. The highest BCUT2D eigenvalue weighted by atomic mass is 32.1. The molecule has 0 unspecified atom stereocenters. The third-order valence-electron chi connectivity index (χ3n) is 5.88. The Balaban J connectivity index is 1.93. The van der Waals surface area contributed by atoms with Crippen LogP contribution in [0.5, 0.6) is 23.0 Å². The molecule has 1 aliphatic rings. The summed E-state index contributed by atoms with van der Waals surface area (Å²) in [4.78, 5) is 31.9. The molecule has 200 valence electrons. The fourth-order valence-corrected chi connectivity index (χ4v) is 5.31. The molecule has 0 radical (unpaired) electrons. The minimum atomic E-state index is -0.793. The largest absolute Gasteiger partial charge is 0.504 e. The Kier molecular flexibility index (Phi) is 7.91. The van der Waals surface area contributed by atoms with Crippen molar-refractivity contribution < 1.29 is 28.8 Å². The molecule has 1 aromatic heterocycles. The second-order valence-corrected chi connectivity index (χ2v) is 9.82. The Labute approximate surface area is 223 Å². The normalized spacial score (nSPS) is 15.2. The number of nitrogens with zero attached hydrogens (tertiary/aromatic N) is 2. The van der Waals surface area contributed by atoms with Gasteiger partial charge in [0.05, 0.1) is 48.8 Å². The van der Waals surface area contributed by atoms with E-state index >= 15 is 0 Å². The Morgan fingerprint density at radius 1 is 1.13 bits per heavy atom. The van der Waals surface area contributed by atoms with Gasteiger partial charge in [-0.25, -0.2) is 9.79 Å². The lowest BCUT2D eigenvalue weighted by atomic mass is 9.95. The fraction of sp³-hybridized carbons (Fsp3) is 0.321. The van der Waals surface area contributed by atoms with Crippen LogP contribution in [-0.4, -0.2) is 42.6 Å². The smallest absolute Gasteiger partial charge is 0.338 e. The maximum atomic E-state index is 13.8. The van der Waals surface area contributed by atoms with Crippen LogP contribution < -0.4 is 29.1 Å². The van der Waals surface area contributed by atoms with E-state index in [1.807, 2.05) is 19.9 Å². The number of rotatable bonds is 8. The van der Waals surface area contributed by atoms with Crippen molar-refractivity contribution in [2.75, 3.05) is 20.8 Å². The third kappa shape index (κ3) is 5.17. The molecule has 0 fully saturated rings. The van der Waals surface area contributed by atoms with Crippen LogP contribution in [0.15, 0.2) is 57.5 Å². The summed E-state index contributed by atoms with van der Waals surface area (Å²) < 4.78 is 23.8. The zero-order chi connectivity index (χ0) is 27.6. The number of thiazole rings is 1. The van der Waals surface area contributed by atoms with Gasteiger partial charge in [0.15, 0.2) is 27.8 Å². The van der Waals surface area contributed by atoms with Crippen molar-refractivity contribution in [1.29, 1.82) is 0 Å². The van der Waals surface area contributed by atoms with Gasteiger partial charge in [-0.2, -0.15) is 0 Å². The molecule has 1 aliphatic heterocycles. The molecule has 0 aliphatic carbocycles. The van der Waals surface area contributed by atoms with E-state index in [1.54, 1.807) is 44.2 Å². The molecule has 3 aromatic rings. The lowest BCUT2D eigenvalue weighted by molar-refractivity contribution is -0.139. The molecule has 0 amide bonds. The maximum absolute atomic E-state index is 13.8. The number of methoxy groups -OCH3 is 2. The van der Waals surface area contributed by atoms with Gasteiger partial charge in [-0.15, -0.1) is 0 Å². The van der Waals surface area contributed by atoms with Crippen molar-refractivity contribution in [3.63, 3.8) is 0 Å². The predicted molar refractivity (Wildman–Crippen MR) is 144 cm³/mol. The van der Waals surface area contributed by atoms with E-state index in [-0.39, 0.29) is 29.6 Å². The van der Waals surface area contributed by atoms with Crippen molar-refractivity contribution in [1.82, 2.24) is 4.57 Å². The molecule has 38 heavy (non-hydrogen) atoms. The Hall–Kier alpha value is -4.05. The molecular weight excluding hydrogens is 508 g/mol. The molecule has 0 saturated heterocycles. The van der Waals surface area contributed by atoms with Crippen molar-refractivity contribution in [3.8, 4) is 23.0 Å². The summed E-state index contributed by atoms with van der Waals surface area (Å²) in [5.74, 6) is 0.774. The van der Waals surface area contributed by atoms with Crippen LogP contribution in [0.1, 0.15) is 44.9 Å². The number of phenolic OH excluding ortho intramolecular Hbond substituents is 1. The summed E-state index contributed by atoms with van der Waals surface area (Å²) in [6, 6.07) is 9.42. The highest BCUT2D eigenvalue weighted by Crippen LogP contribution is 2.36. The van der Waals surface area contributed by atoms with E-state index in [1.165, 1.54) is 36.2 Å². The maximum Gasteiger partial charge on any atom is 0.338 e. The highest BCUT2D eigenvalue weighted by molar-refractivity contribution is 7.07. The van der Waals surface area contributed by atoms with Crippen LogP contribution in [0.2, 0.25) is 0 Å². The number of ether oxygens (including phenoxy) is 4. The summed E-state index contributed by atoms with van der Waals surface area (Å²) in [6.45, 7) is 7.46. The van der Waals surface area contributed by atoms with Crippen molar-refractivity contribution in [3.05, 3.63) is 78.5 Å². The summed E-state index contributed by atoms with van der Waals surface area (Å²) in [5, 5.41) is 10.2. The molecule has 4 rings (SSSR count). The number of carbonyl (C=O) groups excluding carboxylic acids is 1. The van der Waals surface area contributed by atoms with Crippen LogP contribution in [0.3, 0.4) is 0 Å². The van der Waals surface area contributed by atoms with E-state index in [4.69, 9.17) is 18.9 Å². The average molecular weight is 539 g/mol. The Bertz CT molecular complexity index is 1580. The average Bonchev–Trinajstić information content (AvgIpc) is 3.17. The first kappa shape index (κ1) is 27.0. The Morgan fingerprint density at radius 3 is 2.47 bits per heavy atom. The van der Waals surface area contributed by atoms with Gasteiger partial charge in [0.1, 0.15) is 0 Å². The monoisotopic (exact) mass is 538 g/mol. The van der Waals surface area contributed by atoms with E-state index in [9.17, 15) is 14.7 Å². The summed E-state index contributed by atoms with van der Waals surface area (Å²) >= 11 is 1.20. The van der Waals surface area contributed by atoms with E-state index in [2.05, 4.69) is 4.99 Å². The lowest BCUT2D eigenvalue weighted by Gasteiger charge is -2.25. The van der Waals surface area contributed by atoms with E-state index < -0.39 is 12.0 Å². The van der Waals surface area contributed by atoms with Crippen LogP contribution >= 0.6 is 11.3 Å². The number of hydrogen-bond acceptors (Lipinski definition) is 9. The van der Waals surface area contributed by atoms with Gasteiger partial charge in [0, 0.05) is 0 Å². The van der Waals surface area contributed by atoms with Gasteiger partial charge < -0.3 is 24.1 Å². The van der Waals surface area contributed by atoms with Gasteiger partial charge >= 0.3 is 5.97 Å². The number of carbonyl (C=O) groups is 1. The molecule has 10 heteroatoms. The molecule has 2 heterocycles. The number of phenols is 1. The van der Waals surface area contributed by atoms with Gasteiger partial charge in [0.2, 0.25) is 0 Å². The minimum absolute atomic E-state index is 0.0388. The summed E-state index contributed by atoms with van der Waals surface area (Å²) in [5.41, 5.74) is 1.66. The molecule has 0 bridgehead atoms. The van der Waals surface area contributed by atoms with Gasteiger partial charge in [0.25, 0.3) is 5.56 Å². The van der Waals surface area contributed by atoms with Crippen LogP contribution in [-0.2, 0) is 9.53 Å². The van der Waals surface area contributed by atoms with Gasteiger partial charge in [-0.1, -0.05) is 23.5 Å². The Morgan fingerprint density at radius 2 is 1.84 bits per heavy atom. The fourth-order valence-electron chi connectivity index (χ4n) is 4.26. The molecule has 1 atom stereocenters. The zero-order valence-electron chi connectivity index (χ0n) is 22.1. The zero-order valence-corrected chi connectivity index (χ0v) is 22.9. The number of esters is 1. The molecule has 0 saturated carbocycles. The first-order valence-corrected chi connectivity index (χ1v) is 12.9. The molecule has 0 spiro atoms. The highest BCUT2D eigenvalue weighted by Gasteiger charge is 2.34. The minimum Gasteiger partial charge on any atom is -0.504 e. The standard InChI is InChI=1S/C28H30N2O7S/c1-7-36-27(33)24-16(4)29-28-30(25(24)18-9-11-21(37-15(2)3)22(14-18)35-6)26(32)23(38-28)13-17-8-10-20(34-5)19(31)12-17/h8-15,25,31H,7H2,1-6H3/b23-13+/t25-/m0/s1.